The molecule has 1 amide bonds. The molecule has 0 spiro atoms. The topological polar surface area (TPSA) is 52.6 Å². The largest absolute Gasteiger partial charge is 0.393 e. The number of hydrogen-bond donors (Lipinski definition) is 2. The van der Waals surface area contributed by atoms with Crippen LogP contribution in [0.2, 0.25) is 0 Å². The predicted molar refractivity (Wildman–Crippen MR) is 78.0 cm³/mol. The summed E-state index contributed by atoms with van der Waals surface area (Å²) in [6.45, 7) is 7.69. The molecule has 3 atom stereocenters. The van der Waals surface area contributed by atoms with E-state index in [1.54, 1.807) is 0 Å². The molecule has 4 heteroatoms. The highest BCUT2D eigenvalue weighted by Crippen LogP contribution is 2.23. The van der Waals surface area contributed by atoms with Crippen LogP contribution in [-0.2, 0) is 4.79 Å². The minimum atomic E-state index is -0.291. The first-order valence-electron chi connectivity index (χ1n) is 7.77. The van der Waals surface area contributed by atoms with Crippen LogP contribution in [0.15, 0.2) is 0 Å². The number of amides is 1. The number of hydrogen-bond acceptors (Lipinski definition) is 3. The quantitative estimate of drug-likeness (QED) is 0.695. The zero-order valence-corrected chi connectivity index (χ0v) is 12.7. The van der Waals surface area contributed by atoms with E-state index < -0.39 is 0 Å². The van der Waals surface area contributed by atoms with Crippen molar-refractivity contribution in [2.45, 2.75) is 77.5 Å². The van der Waals surface area contributed by atoms with Crippen molar-refractivity contribution >= 4 is 5.91 Å². The van der Waals surface area contributed by atoms with Gasteiger partial charge in [-0.05, 0) is 46.1 Å². The first-order valence-corrected chi connectivity index (χ1v) is 7.77. The normalized spacial score (nSPS) is 23.9. The number of likely N-dealkylation sites (tertiary alicyclic amines) is 1. The number of aliphatic hydroxyl groups excluding tert-OH is 1. The van der Waals surface area contributed by atoms with Crippen LogP contribution in [0.1, 0.15) is 59.3 Å². The van der Waals surface area contributed by atoms with Gasteiger partial charge >= 0.3 is 0 Å². The van der Waals surface area contributed by atoms with Crippen molar-refractivity contribution in [2.24, 2.45) is 0 Å². The number of carbonyl (C=O) groups excluding carboxylic acids is 1. The van der Waals surface area contributed by atoms with Crippen molar-refractivity contribution in [1.82, 2.24) is 10.2 Å². The fraction of sp³-hybridized carbons (Fsp3) is 0.933. The van der Waals surface area contributed by atoms with Crippen LogP contribution in [0.5, 0.6) is 0 Å². The van der Waals surface area contributed by atoms with Crippen LogP contribution < -0.4 is 5.32 Å². The van der Waals surface area contributed by atoms with Gasteiger partial charge in [-0.15, -0.1) is 0 Å². The van der Waals surface area contributed by atoms with E-state index in [2.05, 4.69) is 17.1 Å². The number of carbonyl (C=O) groups is 1. The summed E-state index contributed by atoms with van der Waals surface area (Å²) in [5.41, 5.74) is 0. The van der Waals surface area contributed by atoms with Crippen LogP contribution in [0.25, 0.3) is 0 Å². The lowest BCUT2D eigenvalue weighted by Gasteiger charge is -2.39. The van der Waals surface area contributed by atoms with Crippen molar-refractivity contribution < 1.29 is 9.90 Å². The molecule has 1 aliphatic heterocycles. The number of piperidine rings is 1. The van der Waals surface area contributed by atoms with Crippen LogP contribution >= 0.6 is 0 Å². The van der Waals surface area contributed by atoms with Crippen molar-refractivity contribution in [3.8, 4) is 0 Å². The second-order valence-electron chi connectivity index (χ2n) is 5.79. The van der Waals surface area contributed by atoms with E-state index in [0.29, 0.717) is 6.04 Å². The average Bonchev–Trinajstić information content (AvgIpc) is 2.38. The minimum absolute atomic E-state index is 0.0825. The SMILES string of the molecule is CCCCNC(=O)C(C)N1CCCCC1CC(C)O. The van der Waals surface area contributed by atoms with Crippen molar-refractivity contribution in [3.63, 3.8) is 0 Å². The summed E-state index contributed by atoms with van der Waals surface area (Å²) in [4.78, 5) is 14.4. The van der Waals surface area contributed by atoms with Gasteiger partial charge in [0.05, 0.1) is 12.1 Å². The first kappa shape index (κ1) is 16.4. The van der Waals surface area contributed by atoms with Gasteiger partial charge in [0.2, 0.25) is 5.91 Å². The van der Waals surface area contributed by atoms with E-state index >= 15 is 0 Å². The lowest BCUT2D eigenvalue weighted by Crippen LogP contribution is -2.52. The van der Waals surface area contributed by atoms with Crippen molar-refractivity contribution in [3.05, 3.63) is 0 Å². The maximum absolute atomic E-state index is 12.1. The molecule has 0 radical (unpaired) electrons. The van der Waals surface area contributed by atoms with Crippen LogP contribution in [0.4, 0.5) is 0 Å². The summed E-state index contributed by atoms with van der Waals surface area (Å²) in [5, 5.41) is 12.6. The van der Waals surface area contributed by atoms with Gasteiger partial charge in [0, 0.05) is 12.6 Å². The third-order valence-electron chi connectivity index (χ3n) is 3.99. The lowest BCUT2D eigenvalue weighted by atomic mass is 9.95. The summed E-state index contributed by atoms with van der Waals surface area (Å²) in [6.07, 6.45) is 6.07. The Morgan fingerprint density at radius 3 is 2.79 bits per heavy atom. The molecule has 0 aromatic heterocycles. The highest BCUT2D eigenvalue weighted by molar-refractivity contribution is 5.81. The van der Waals surface area contributed by atoms with E-state index in [1.807, 2.05) is 13.8 Å². The summed E-state index contributed by atoms with van der Waals surface area (Å²) < 4.78 is 0. The number of rotatable bonds is 7. The zero-order valence-electron chi connectivity index (χ0n) is 12.7. The summed E-state index contributed by atoms with van der Waals surface area (Å²) in [6, 6.07) is 0.265. The molecule has 0 aliphatic carbocycles. The number of aliphatic hydroxyl groups is 1. The molecule has 1 rings (SSSR count). The van der Waals surface area contributed by atoms with Gasteiger partial charge in [-0.25, -0.2) is 0 Å². The number of unbranched alkanes of at least 4 members (excludes halogenated alkanes) is 1. The molecule has 0 aromatic rings. The highest BCUT2D eigenvalue weighted by Gasteiger charge is 2.30. The molecule has 1 aliphatic rings. The van der Waals surface area contributed by atoms with Gasteiger partial charge in [0.1, 0.15) is 0 Å². The molecule has 3 unspecified atom stereocenters. The molecule has 112 valence electrons. The van der Waals surface area contributed by atoms with Crippen molar-refractivity contribution in [1.29, 1.82) is 0 Å². The van der Waals surface area contributed by atoms with Gasteiger partial charge in [-0.2, -0.15) is 0 Å². The predicted octanol–water partition coefficient (Wildman–Crippen LogP) is 1.92. The van der Waals surface area contributed by atoms with Crippen LogP contribution in [0.3, 0.4) is 0 Å². The van der Waals surface area contributed by atoms with E-state index in [4.69, 9.17) is 0 Å². The number of nitrogens with zero attached hydrogens (tertiary/aromatic N) is 1. The number of nitrogens with one attached hydrogen (secondary N) is 1. The first-order chi connectivity index (χ1) is 9.06. The van der Waals surface area contributed by atoms with Gasteiger partial charge < -0.3 is 10.4 Å². The van der Waals surface area contributed by atoms with Gasteiger partial charge in [0.15, 0.2) is 0 Å². The minimum Gasteiger partial charge on any atom is -0.393 e. The maximum atomic E-state index is 12.1. The Morgan fingerprint density at radius 2 is 2.16 bits per heavy atom. The Morgan fingerprint density at radius 1 is 1.42 bits per heavy atom. The van der Waals surface area contributed by atoms with Gasteiger partial charge in [-0.3, -0.25) is 9.69 Å². The van der Waals surface area contributed by atoms with Crippen LogP contribution in [-0.4, -0.2) is 47.2 Å². The smallest absolute Gasteiger partial charge is 0.237 e. The summed E-state index contributed by atoms with van der Waals surface area (Å²) >= 11 is 0. The third-order valence-corrected chi connectivity index (χ3v) is 3.99. The lowest BCUT2D eigenvalue weighted by molar-refractivity contribution is -0.127. The molecule has 1 fully saturated rings. The Bertz CT molecular complexity index is 269. The molecule has 0 bridgehead atoms. The monoisotopic (exact) mass is 270 g/mol. The molecule has 19 heavy (non-hydrogen) atoms. The van der Waals surface area contributed by atoms with E-state index in [1.165, 1.54) is 6.42 Å². The zero-order chi connectivity index (χ0) is 14.3. The molecule has 0 aromatic carbocycles. The molecular formula is C15H30N2O2. The Hall–Kier alpha value is -0.610. The summed E-state index contributed by atoms with van der Waals surface area (Å²) in [7, 11) is 0. The average molecular weight is 270 g/mol. The Balaban J connectivity index is 2.50. The van der Waals surface area contributed by atoms with Gasteiger partial charge in [0.25, 0.3) is 0 Å². The Labute approximate surface area is 117 Å². The standard InChI is InChI=1S/C15H30N2O2/c1-4-5-9-16-15(19)13(3)17-10-7-6-8-14(17)11-12(2)18/h12-14,18H,4-11H2,1-3H3,(H,16,19). The van der Waals surface area contributed by atoms with Crippen LogP contribution in [0, 0.1) is 0 Å². The fourth-order valence-electron chi connectivity index (χ4n) is 2.87. The molecule has 0 saturated carbocycles. The molecule has 1 heterocycles. The van der Waals surface area contributed by atoms with E-state index in [0.717, 1.165) is 45.2 Å². The second-order valence-corrected chi connectivity index (χ2v) is 5.79. The second kappa shape index (κ2) is 8.54. The Kier molecular flexibility index (Phi) is 7.39. The molecular weight excluding hydrogens is 240 g/mol. The van der Waals surface area contributed by atoms with E-state index in [-0.39, 0.29) is 18.1 Å². The van der Waals surface area contributed by atoms with Crippen molar-refractivity contribution in [2.75, 3.05) is 13.1 Å². The molecule has 4 nitrogen and oxygen atoms in total. The third kappa shape index (κ3) is 5.49. The highest BCUT2D eigenvalue weighted by atomic mass is 16.3. The maximum Gasteiger partial charge on any atom is 0.237 e. The molecule has 2 N–H and O–H groups in total. The summed E-state index contributed by atoms with van der Waals surface area (Å²) in [5.74, 6) is 0.131. The van der Waals surface area contributed by atoms with E-state index in [9.17, 15) is 9.90 Å². The van der Waals surface area contributed by atoms with Gasteiger partial charge in [-0.1, -0.05) is 19.8 Å². The molecule has 1 saturated heterocycles. The fourth-order valence-corrected chi connectivity index (χ4v) is 2.87.